The third-order valence-corrected chi connectivity index (χ3v) is 4.70. The highest BCUT2D eigenvalue weighted by Gasteiger charge is 2.26. The van der Waals surface area contributed by atoms with E-state index in [0.717, 1.165) is 12.5 Å². The summed E-state index contributed by atoms with van der Waals surface area (Å²) in [5.41, 5.74) is 1.94. The van der Waals surface area contributed by atoms with Gasteiger partial charge < -0.3 is 16.0 Å². The van der Waals surface area contributed by atoms with Crippen LogP contribution in [0.25, 0.3) is 0 Å². The number of rotatable bonds is 8. The molecule has 0 saturated heterocycles. The first-order valence-corrected chi connectivity index (χ1v) is 9.82. The Bertz CT molecular complexity index is 717. The molecule has 1 amide bonds. The molecule has 0 saturated carbocycles. The maximum absolute atomic E-state index is 12.0. The molecule has 0 radical (unpaired) electrons. The van der Waals surface area contributed by atoms with Crippen LogP contribution in [0.15, 0.2) is 65.7 Å². The summed E-state index contributed by atoms with van der Waals surface area (Å²) >= 11 is 0. The van der Waals surface area contributed by atoms with Gasteiger partial charge in [-0.1, -0.05) is 60.7 Å². The molecular weight excluding hydrogens is 348 g/mol. The molecule has 0 bridgehead atoms. The molecule has 3 N–H and O–H groups in total. The molecule has 2 rings (SSSR count). The van der Waals surface area contributed by atoms with Gasteiger partial charge >= 0.3 is 0 Å². The van der Waals surface area contributed by atoms with Gasteiger partial charge in [0.1, 0.15) is 0 Å². The summed E-state index contributed by atoms with van der Waals surface area (Å²) in [5, 5.41) is 9.44. The van der Waals surface area contributed by atoms with Gasteiger partial charge in [0, 0.05) is 26.1 Å². The minimum atomic E-state index is -0.560. The summed E-state index contributed by atoms with van der Waals surface area (Å²) in [6, 6.07) is 20.9. The molecule has 0 spiro atoms. The van der Waals surface area contributed by atoms with Crippen molar-refractivity contribution in [3.8, 4) is 0 Å². The van der Waals surface area contributed by atoms with Crippen LogP contribution < -0.4 is 16.0 Å². The standard InChI is InChI=1S/C23H32N4O/c1-5-25-22(27-17-23(2,3)21(28)24-4)26-16-20(18-12-8-6-9-13-18)19-14-10-7-11-15-19/h6-15,20H,5,16-17H2,1-4H3,(H,24,28)(H2,25,26,27). The van der Waals surface area contributed by atoms with Gasteiger partial charge in [0.05, 0.1) is 12.0 Å². The lowest BCUT2D eigenvalue weighted by Gasteiger charge is -2.23. The predicted molar refractivity (Wildman–Crippen MR) is 117 cm³/mol. The molecule has 0 aliphatic rings. The van der Waals surface area contributed by atoms with E-state index in [-0.39, 0.29) is 11.8 Å². The highest BCUT2D eigenvalue weighted by molar-refractivity contribution is 5.83. The van der Waals surface area contributed by atoms with Crippen LogP contribution in [0.5, 0.6) is 0 Å². The molecule has 0 aliphatic carbocycles. The Balaban J connectivity index is 2.16. The molecule has 5 nitrogen and oxygen atoms in total. The Morgan fingerprint density at radius 3 is 1.96 bits per heavy atom. The van der Waals surface area contributed by atoms with Gasteiger partial charge in [-0.05, 0) is 31.9 Å². The van der Waals surface area contributed by atoms with Crippen molar-refractivity contribution in [2.75, 3.05) is 26.7 Å². The fourth-order valence-corrected chi connectivity index (χ4v) is 3.03. The second kappa shape index (κ2) is 10.5. The van der Waals surface area contributed by atoms with Crippen LogP contribution in [0.4, 0.5) is 0 Å². The van der Waals surface area contributed by atoms with E-state index in [0.29, 0.717) is 13.1 Å². The number of nitrogens with zero attached hydrogens (tertiary/aromatic N) is 1. The van der Waals surface area contributed by atoms with E-state index in [1.165, 1.54) is 11.1 Å². The fraction of sp³-hybridized carbons (Fsp3) is 0.391. The SMILES string of the molecule is CCNC(=NCC(C)(C)C(=O)NC)NCC(c1ccccc1)c1ccccc1. The average molecular weight is 381 g/mol. The minimum Gasteiger partial charge on any atom is -0.359 e. The Morgan fingerprint density at radius 1 is 0.964 bits per heavy atom. The zero-order valence-electron chi connectivity index (χ0n) is 17.3. The molecule has 150 valence electrons. The normalized spacial score (nSPS) is 12.0. The van der Waals surface area contributed by atoms with Crippen LogP contribution in [-0.2, 0) is 4.79 Å². The molecule has 0 heterocycles. The third kappa shape index (κ3) is 6.12. The second-order valence-corrected chi connectivity index (χ2v) is 7.41. The number of carbonyl (C=O) groups is 1. The van der Waals surface area contributed by atoms with Crippen LogP contribution in [0.2, 0.25) is 0 Å². The summed E-state index contributed by atoms with van der Waals surface area (Å²) in [6.07, 6.45) is 0. The topological polar surface area (TPSA) is 65.5 Å². The van der Waals surface area contributed by atoms with Gasteiger partial charge in [0.15, 0.2) is 5.96 Å². The van der Waals surface area contributed by atoms with E-state index in [1.54, 1.807) is 7.05 Å². The number of aliphatic imine (C=N–C) groups is 1. The summed E-state index contributed by atoms with van der Waals surface area (Å²) in [4.78, 5) is 16.7. The molecule has 2 aromatic rings. The first-order valence-electron chi connectivity index (χ1n) is 9.82. The van der Waals surface area contributed by atoms with E-state index in [9.17, 15) is 4.79 Å². The molecule has 0 fully saturated rings. The van der Waals surface area contributed by atoms with E-state index in [2.05, 4.69) is 69.5 Å². The van der Waals surface area contributed by atoms with Crippen molar-refractivity contribution in [2.45, 2.75) is 26.7 Å². The molecule has 5 heteroatoms. The lowest BCUT2D eigenvalue weighted by molar-refractivity contribution is -0.128. The number of hydrogen-bond donors (Lipinski definition) is 3. The maximum atomic E-state index is 12.0. The summed E-state index contributed by atoms with van der Waals surface area (Å²) in [6.45, 7) is 7.70. The summed E-state index contributed by atoms with van der Waals surface area (Å²) in [5.74, 6) is 0.910. The van der Waals surface area contributed by atoms with E-state index >= 15 is 0 Å². The molecular formula is C23H32N4O. The van der Waals surface area contributed by atoms with Crippen LogP contribution in [0.3, 0.4) is 0 Å². The van der Waals surface area contributed by atoms with Crippen molar-refractivity contribution in [1.82, 2.24) is 16.0 Å². The second-order valence-electron chi connectivity index (χ2n) is 7.41. The highest BCUT2D eigenvalue weighted by atomic mass is 16.2. The number of carbonyl (C=O) groups excluding carboxylic acids is 1. The zero-order valence-corrected chi connectivity index (χ0v) is 17.3. The number of amides is 1. The Labute approximate surface area is 168 Å². The predicted octanol–water partition coefficient (Wildman–Crippen LogP) is 3.15. The fourth-order valence-electron chi connectivity index (χ4n) is 3.03. The van der Waals surface area contributed by atoms with E-state index in [1.807, 2.05) is 32.9 Å². The Morgan fingerprint density at radius 2 is 1.50 bits per heavy atom. The van der Waals surface area contributed by atoms with Crippen LogP contribution >= 0.6 is 0 Å². The summed E-state index contributed by atoms with van der Waals surface area (Å²) < 4.78 is 0. The van der Waals surface area contributed by atoms with Gasteiger partial charge in [-0.3, -0.25) is 9.79 Å². The average Bonchev–Trinajstić information content (AvgIpc) is 2.73. The highest BCUT2D eigenvalue weighted by Crippen LogP contribution is 2.23. The third-order valence-electron chi connectivity index (χ3n) is 4.70. The first kappa shape index (κ1) is 21.5. The smallest absolute Gasteiger partial charge is 0.227 e. The Kier molecular flexibility index (Phi) is 8.05. The monoisotopic (exact) mass is 380 g/mol. The van der Waals surface area contributed by atoms with Crippen LogP contribution in [-0.4, -0.2) is 38.5 Å². The van der Waals surface area contributed by atoms with Crippen LogP contribution in [0, 0.1) is 5.41 Å². The first-order chi connectivity index (χ1) is 13.5. The molecule has 0 aliphatic heterocycles. The van der Waals surface area contributed by atoms with Gasteiger partial charge in [0.2, 0.25) is 5.91 Å². The van der Waals surface area contributed by atoms with Crippen molar-refractivity contribution in [2.24, 2.45) is 10.4 Å². The van der Waals surface area contributed by atoms with Crippen molar-refractivity contribution in [1.29, 1.82) is 0 Å². The van der Waals surface area contributed by atoms with Crippen molar-refractivity contribution < 1.29 is 4.79 Å². The number of guanidine groups is 1. The minimum absolute atomic E-state index is 0.0152. The lowest BCUT2D eigenvalue weighted by Crippen LogP contribution is -2.42. The molecule has 0 unspecified atom stereocenters. The molecule has 0 atom stereocenters. The number of nitrogens with one attached hydrogen (secondary N) is 3. The van der Waals surface area contributed by atoms with Gasteiger partial charge in [0.25, 0.3) is 0 Å². The quantitative estimate of drug-likeness (QED) is 0.487. The Hall–Kier alpha value is -2.82. The van der Waals surface area contributed by atoms with Crippen molar-refractivity contribution in [3.63, 3.8) is 0 Å². The molecule has 0 aromatic heterocycles. The van der Waals surface area contributed by atoms with E-state index < -0.39 is 5.41 Å². The lowest BCUT2D eigenvalue weighted by atomic mass is 9.91. The van der Waals surface area contributed by atoms with E-state index in [4.69, 9.17) is 0 Å². The van der Waals surface area contributed by atoms with Crippen molar-refractivity contribution >= 4 is 11.9 Å². The molecule has 28 heavy (non-hydrogen) atoms. The number of benzene rings is 2. The summed E-state index contributed by atoms with van der Waals surface area (Å²) in [7, 11) is 1.65. The van der Waals surface area contributed by atoms with Crippen molar-refractivity contribution in [3.05, 3.63) is 71.8 Å². The van der Waals surface area contributed by atoms with Gasteiger partial charge in [-0.15, -0.1) is 0 Å². The van der Waals surface area contributed by atoms with Gasteiger partial charge in [-0.25, -0.2) is 0 Å². The zero-order chi connectivity index (χ0) is 20.4. The number of hydrogen-bond acceptors (Lipinski definition) is 2. The largest absolute Gasteiger partial charge is 0.359 e. The molecule has 2 aromatic carbocycles. The van der Waals surface area contributed by atoms with Crippen LogP contribution in [0.1, 0.15) is 37.8 Å². The maximum Gasteiger partial charge on any atom is 0.227 e. The van der Waals surface area contributed by atoms with Gasteiger partial charge in [-0.2, -0.15) is 0 Å².